The summed E-state index contributed by atoms with van der Waals surface area (Å²) in [5.74, 6) is 0.960. The third-order valence-corrected chi connectivity index (χ3v) is 4.06. The first-order valence-corrected chi connectivity index (χ1v) is 7.28. The highest BCUT2D eigenvalue weighted by atomic mass is 16.1. The van der Waals surface area contributed by atoms with Crippen LogP contribution in [0.2, 0.25) is 0 Å². The van der Waals surface area contributed by atoms with Crippen molar-refractivity contribution in [2.24, 2.45) is 5.92 Å². The SMILES string of the molecule is CCC(CC)n1ccc(CC2CCCC(=O)C2)n1. The first kappa shape index (κ1) is 13.3. The van der Waals surface area contributed by atoms with E-state index in [1.165, 1.54) is 6.42 Å². The zero-order valence-electron chi connectivity index (χ0n) is 11.6. The van der Waals surface area contributed by atoms with E-state index in [0.29, 0.717) is 17.7 Å². The molecule has 0 aliphatic heterocycles. The molecule has 0 spiro atoms. The van der Waals surface area contributed by atoms with E-state index in [-0.39, 0.29) is 0 Å². The second-order valence-corrected chi connectivity index (χ2v) is 5.46. The molecule has 1 aromatic heterocycles. The van der Waals surface area contributed by atoms with E-state index in [4.69, 9.17) is 0 Å². The van der Waals surface area contributed by atoms with Gasteiger partial charge in [-0.05, 0) is 44.1 Å². The van der Waals surface area contributed by atoms with E-state index >= 15 is 0 Å². The number of rotatable bonds is 5. The Balaban J connectivity index is 1.95. The quantitative estimate of drug-likeness (QED) is 0.798. The van der Waals surface area contributed by atoms with Gasteiger partial charge in [0.1, 0.15) is 5.78 Å². The van der Waals surface area contributed by atoms with Crippen LogP contribution < -0.4 is 0 Å². The second kappa shape index (κ2) is 6.17. The van der Waals surface area contributed by atoms with Gasteiger partial charge in [0, 0.05) is 19.0 Å². The third kappa shape index (κ3) is 3.21. The van der Waals surface area contributed by atoms with Gasteiger partial charge in [-0.25, -0.2) is 0 Å². The van der Waals surface area contributed by atoms with Crippen molar-refractivity contribution < 1.29 is 4.79 Å². The standard InChI is InChI=1S/C15H24N2O/c1-3-14(4-2)17-9-8-13(16-17)10-12-6-5-7-15(18)11-12/h8-9,12,14H,3-7,10-11H2,1-2H3. The summed E-state index contributed by atoms with van der Waals surface area (Å²) >= 11 is 0. The number of nitrogens with zero attached hydrogens (tertiary/aromatic N) is 2. The number of Topliss-reactive ketones (excluding diaryl/α,β-unsaturated/α-hetero) is 1. The molecular formula is C15H24N2O. The highest BCUT2D eigenvalue weighted by molar-refractivity contribution is 5.79. The van der Waals surface area contributed by atoms with Crippen LogP contribution in [-0.2, 0) is 11.2 Å². The minimum absolute atomic E-state index is 0.436. The fraction of sp³-hybridized carbons (Fsp3) is 0.733. The highest BCUT2D eigenvalue weighted by Crippen LogP contribution is 2.25. The van der Waals surface area contributed by atoms with E-state index < -0.39 is 0 Å². The molecule has 1 fully saturated rings. The second-order valence-electron chi connectivity index (χ2n) is 5.46. The van der Waals surface area contributed by atoms with Gasteiger partial charge in [-0.3, -0.25) is 9.48 Å². The Morgan fingerprint density at radius 2 is 2.22 bits per heavy atom. The molecular weight excluding hydrogens is 224 g/mol. The maximum absolute atomic E-state index is 11.4. The number of hydrogen-bond acceptors (Lipinski definition) is 2. The van der Waals surface area contributed by atoms with Gasteiger partial charge in [0.05, 0.1) is 11.7 Å². The number of hydrogen-bond donors (Lipinski definition) is 0. The fourth-order valence-electron chi connectivity index (χ4n) is 2.94. The van der Waals surface area contributed by atoms with Crippen molar-refractivity contribution in [1.82, 2.24) is 9.78 Å². The summed E-state index contributed by atoms with van der Waals surface area (Å²) in [7, 11) is 0. The molecule has 1 heterocycles. The van der Waals surface area contributed by atoms with Crippen molar-refractivity contribution in [2.45, 2.75) is 64.8 Å². The summed E-state index contributed by atoms with van der Waals surface area (Å²) in [5.41, 5.74) is 1.15. The van der Waals surface area contributed by atoms with Gasteiger partial charge in [0.2, 0.25) is 0 Å². The van der Waals surface area contributed by atoms with Gasteiger partial charge in [0.15, 0.2) is 0 Å². The van der Waals surface area contributed by atoms with Crippen molar-refractivity contribution >= 4 is 5.78 Å². The monoisotopic (exact) mass is 248 g/mol. The minimum atomic E-state index is 0.436. The molecule has 0 aromatic carbocycles. The zero-order chi connectivity index (χ0) is 13.0. The predicted octanol–water partition coefficient (Wildman–Crippen LogP) is 3.55. The summed E-state index contributed by atoms with van der Waals surface area (Å²) in [6, 6.07) is 2.64. The molecule has 3 heteroatoms. The largest absolute Gasteiger partial charge is 0.300 e. The molecule has 18 heavy (non-hydrogen) atoms. The van der Waals surface area contributed by atoms with Crippen LogP contribution >= 0.6 is 0 Å². The molecule has 100 valence electrons. The Bertz CT molecular complexity index is 393. The highest BCUT2D eigenvalue weighted by Gasteiger charge is 2.20. The predicted molar refractivity (Wildman–Crippen MR) is 72.5 cm³/mol. The van der Waals surface area contributed by atoms with Crippen LogP contribution in [0, 0.1) is 5.92 Å². The van der Waals surface area contributed by atoms with E-state index in [1.54, 1.807) is 0 Å². The van der Waals surface area contributed by atoms with E-state index in [9.17, 15) is 4.79 Å². The summed E-state index contributed by atoms with van der Waals surface area (Å²) in [4.78, 5) is 11.4. The Labute approximate surface area is 110 Å². The van der Waals surface area contributed by atoms with Crippen LogP contribution in [0.3, 0.4) is 0 Å². The average Bonchev–Trinajstić information content (AvgIpc) is 2.79. The summed E-state index contributed by atoms with van der Waals surface area (Å²) in [5, 5.41) is 4.68. The number of carbonyl (C=O) groups excluding carboxylic acids is 1. The minimum Gasteiger partial charge on any atom is -0.300 e. The molecule has 0 radical (unpaired) electrons. The average molecular weight is 248 g/mol. The van der Waals surface area contributed by atoms with Crippen molar-refractivity contribution in [1.29, 1.82) is 0 Å². The van der Waals surface area contributed by atoms with Crippen LogP contribution in [0.25, 0.3) is 0 Å². The zero-order valence-corrected chi connectivity index (χ0v) is 11.6. The Morgan fingerprint density at radius 3 is 2.89 bits per heavy atom. The lowest BCUT2D eigenvalue weighted by Crippen LogP contribution is -2.17. The number of aromatic nitrogens is 2. The topological polar surface area (TPSA) is 34.9 Å². The molecule has 1 saturated carbocycles. The van der Waals surface area contributed by atoms with Gasteiger partial charge in [-0.15, -0.1) is 0 Å². The number of ketones is 1. The molecule has 1 aromatic rings. The van der Waals surface area contributed by atoms with Crippen LogP contribution in [0.4, 0.5) is 0 Å². The van der Waals surface area contributed by atoms with Gasteiger partial charge in [0.25, 0.3) is 0 Å². The molecule has 0 bridgehead atoms. The fourth-order valence-corrected chi connectivity index (χ4v) is 2.94. The Hall–Kier alpha value is -1.12. The van der Waals surface area contributed by atoms with Gasteiger partial charge < -0.3 is 0 Å². The Kier molecular flexibility index (Phi) is 4.56. The molecule has 0 saturated heterocycles. The Morgan fingerprint density at radius 1 is 1.44 bits per heavy atom. The van der Waals surface area contributed by atoms with E-state index in [0.717, 1.165) is 44.2 Å². The summed E-state index contributed by atoms with van der Waals surface area (Å²) in [6.07, 6.45) is 9.12. The maximum Gasteiger partial charge on any atom is 0.133 e. The first-order valence-electron chi connectivity index (χ1n) is 7.28. The van der Waals surface area contributed by atoms with Crippen molar-refractivity contribution in [3.63, 3.8) is 0 Å². The lowest BCUT2D eigenvalue weighted by atomic mass is 9.85. The molecule has 1 aliphatic rings. The van der Waals surface area contributed by atoms with Gasteiger partial charge >= 0.3 is 0 Å². The third-order valence-electron chi connectivity index (χ3n) is 4.06. The van der Waals surface area contributed by atoms with Gasteiger partial charge in [-0.2, -0.15) is 5.10 Å². The van der Waals surface area contributed by atoms with Crippen molar-refractivity contribution in [3.8, 4) is 0 Å². The van der Waals surface area contributed by atoms with Crippen LogP contribution in [0.5, 0.6) is 0 Å². The molecule has 3 nitrogen and oxygen atoms in total. The summed E-state index contributed by atoms with van der Waals surface area (Å²) in [6.45, 7) is 4.41. The molecule has 2 rings (SSSR count). The molecule has 1 atom stereocenters. The molecule has 0 N–H and O–H groups in total. The first-order chi connectivity index (χ1) is 8.72. The van der Waals surface area contributed by atoms with Crippen LogP contribution in [0.15, 0.2) is 12.3 Å². The van der Waals surface area contributed by atoms with Crippen LogP contribution in [0.1, 0.15) is 64.1 Å². The smallest absolute Gasteiger partial charge is 0.133 e. The normalized spacial score (nSPS) is 20.6. The number of carbonyl (C=O) groups is 1. The summed E-state index contributed by atoms with van der Waals surface area (Å²) < 4.78 is 2.10. The lowest BCUT2D eigenvalue weighted by molar-refractivity contribution is -0.121. The van der Waals surface area contributed by atoms with Crippen LogP contribution in [-0.4, -0.2) is 15.6 Å². The molecule has 1 unspecified atom stereocenters. The molecule has 1 aliphatic carbocycles. The van der Waals surface area contributed by atoms with E-state index in [1.807, 2.05) is 0 Å². The van der Waals surface area contributed by atoms with E-state index in [2.05, 4.69) is 35.9 Å². The van der Waals surface area contributed by atoms with Crippen molar-refractivity contribution in [3.05, 3.63) is 18.0 Å². The van der Waals surface area contributed by atoms with Gasteiger partial charge in [-0.1, -0.05) is 13.8 Å². The van der Waals surface area contributed by atoms with Crippen molar-refractivity contribution in [2.75, 3.05) is 0 Å². The molecule has 0 amide bonds. The maximum atomic E-state index is 11.4. The lowest BCUT2D eigenvalue weighted by Gasteiger charge is -2.19.